The van der Waals surface area contributed by atoms with Gasteiger partial charge >= 0.3 is 0 Å². The number of guanidine groups is 1. The number of nitrogens with one attached hydrogen (secondary N) is 2. The summed E-state index contributed by atoms with van der Waals surface area (Å²) in [7, 11) is 0. The van der Waals surface area contributed by atoms with Gasteiger partial charge in [0.1, 0.15) is 5.76 Å². The second-order valence-electron chi connectivity index (χ2n) is 5.66. The highest BCUT2D eigenvalue weighted by Crippen LogP contribution is 2.43. The Morgan fingerprint density at radius 3 is 2.55 bits per heavy atom. The summed E-state index contributed by atoms with van der Waals surface area (Å²) >= 11 is 0. The van der Waals surface area contributed by atoms with Crippen LogP contribution in [-0.4, -0.2) is 24.2 Å². The molecule has 0 spiro atoms. The summed E-state index contributed by atoms with van der Waals surface area (Å²) in [5, 5.41) is 10.6. The van der Waals surface area contributed by atoms with Crippen molar-refractivity contribution in [2.75, 3.05) is 13.1 Å². The number of rotatable bonds is 5. The van der Waals surface area contributed by atoms with E-state index in [1.165, 1.54) is 12.8 Å². The summed E-state index contributed by atoms with van der Waals surface area (Å²) in [6.07, 6.45) is 2.62. The van der Waals surface area contributed by atoms with Gasteiger partial charge in [0.15, 0.2) is 5.96 Å². The lowest BCUT2D eigenvalue weighted by atomic mass is 10.1. The van der Waals surface area contributed by atoms with Gasteiger partial charge in [-0.05, 0) is 39.0 Å². The number of aliphatic imine (C=N–C) groups is 1. The first-order valence-corrected chi connectivity index (χ1v) is 6.98. The Bertz CT molecular complexity index is 446. The topological polar surface area (TPSA) is 62.5 Å². The minimum Gasteiger partial charge on any atom is -0.361 e. The third-order valence-electron chi connectivity index (χ3n) is 3.71. The van der Waals surface area contributed by atoms with E-state index in [-0.39, 0.29) is 24.0 Å². The fourth-order valence-corrected chi connectivity index (χ4v) is 1.91. The van der Waals surface area contributed by atoms with Gasteiger partial charge in [-0.1, -0.05) is 12.1 Å². The third-order valence-corrected chi connectivity index (χ3v) is 3.71. The quantitative estimate of drug-likeness (QED) is 0.460. The van der Waals surface area contributed by atoms with E-state index in [2.05, 4.69) is 34.6 Å². The molecule has 1 fully saturated rings. The van der Waals surface area contributed by atoms with Gasteiger partial charge in [0, 0.05) is 18.7 Å². The Morgan fingerprint density at radius 2 is 2.05 bits per heavy atom. The molecule has 5 nitrogen and oxygen atoms in total. The second-order valence-corrected chi connectivity index (χ2v) is 5.66. The van der Waals surface area contributed by atoms with Gasteiger partial charge in [0.2, 0.25) is 0 Å². The van der Waals surface area contributed by atoms with Gasteiger partial charge in [-0.2, -0.15) is 0 Å². The Labute approximate surface area is 138 Å². The largest absolute Gasteiger partial charge is 0.361 e. The molecule has 1 aliphatic rings. The zero-order valence-electron chi connectivity index (χ0n) is 12.7. The Morgan fingerprint density at radius 1 is 1.35 bits per heavy atom. The SMILES string of the molecule is CCNC(=NCc1c(C)noc1C)NCC1(C)CC1.I. The molecule has 1 aromatic heterocycles. The van der Waals surface area contributed by atoms with Gasteiger partial charge in [-0.25, -0.2) is 4.99 Å². The lowest BCUT2D eigenvalue weighted by Crippen LogP contribution is -2.39. The normalized spacial score (nSPS) is 16.5. The van der Waals surface area contributed by atoms with Gasteiger partial charge in [0.25, 0.3) is 0 Å². The molecule has 6 heteroatoms. The van der Waals surface area contributed by atoms with Crippen molar-refractivity contribution in [3.8, 4) is 0 Å². The van der Waals surface area contributed by atoms with Gasteiger partial charge < -0.3 is 15.2 Å². The predicted octanol–water partition coefficient (Wildman–Crippen LogP) is 2.76. The lowest BCUT2D eigenvalue weighted by Gasteiger charge is -2.14. The van der Waals surface area contributed by atoms with Crippen LogP contribution in [0.4, 0.5) is 0 Å². The highest BCUT2D eigenvalue weighted by Gasteiger charge is 2.36. The number of hydrogen-bond acceptors (Lipinski definition) is 3. The van der Waals surface area contributed by atoms with Crippen molar-refractivity contribution in [1.82, 2.24) is 15.8 Å². The summed E-state index contributed by atoms with van der Waals surface area (Å²) in [6, 6.07) is 0. The second kappa shape index (κ2) is 7.28. The monoisotopic (exact) mass is 392 g/mol. The average Bonchev–Trinajstić information content (AvgIpc) is 3.03. The van der Waals surface area contributed by atoms with Gasteiger partial charge in [-0.15, -0.1) is 24.0 Å². The fraction of sp³-hybridized carbons (Fsp3) is 0.714. The van der Waals surface area contributed by atoms with Crippen LogP contribution in [0.25, 0.3) is 0 Å². The number of aromatic nitrogens is 1. The molecule has 0 saturated heterocycles. The van der Waals surface area contributed by atoms with E-state index < -0.39 is 0 Å². The molecule has 1 saturated carbocycles. The maximum absolute atomic E-state index is 5.15. The Hall–Kier alpha value is -0.790. The molecular formula is C14H25IN4O. The number of halogens is 1. The summed E-state index contributed by atoms with van der Waals surface area (Å²) in [5.74, 6) is 1.72. The molecule has 1 heterocycles. The molecular weight excluding hydrogens is 367 g/mol. The molecule has 2 N–H and O–H groups in total. The molecule has 20 heavy (non-hydrogen) atoms. The molecule has 0 aromatic carbocycles. The van der Waals surface area contributed by atoms with Crippen molar-refractivity contribution < 1.29 is 4.52 Å². The van der Waals surface area contributed by atoms with E-state index in [1.807, 2.05) is 13.8 Å². The average molecular weight is 392 g/mol. The van der Waals surface area contributed by atoms with Crippen molar-refractivity contribution in [2.45, 2.75) is 47.1 Å². The van der Waals surface area contributed by atoms with Crippen molar-refractivity contribution >= 4 is 29.9 Å². The molecule has 0 amide bonds. The highest BCUT2D eigenvalue weighted by molar-refractivity contribution is 14.0. The summed E-state index contributed by atoms with van der Waals surface area (Å²) in [6.45, 7) is 10.7. The van der Waals surface area contributed by atoms with Crippen LogP contribution in [-0.2, 0) is 6.54 Å². The molecule has 0 unspecified atom stereocenters. The maximum atomic E-state index is 5.15. The van der Waals surface area contributed by atoms with Crippen molar-refractivity contribution in [3.05, 3.63) is 17.0 Å². The smallest absolute Gasteiger partial charge is 0.191 e. The van der Waals surface area contributed by atoms with Crippen LogP contribution in [0.2, 0.25) is 0 Å². The molecule has 114 valence electrons. The van der Waals surface area contributed by atoms with Gasteiger partial charge in [-0.3, -0.25) is 0 Å². The van der Waals surface area contributed by atoms with Crippen LogP contribution in [0.1, 0.15) is 43.7 Å². The Kier molecular flexibility index (Phi) is 6.29. The highest BCUT2D eigenvalue weighted by atomic mass is 127. The predicted molar refractivity (Wildman–Crippen MR) is 91.6 cm³/mol. The van der Waals surface area contributed by atoms with E-state index in [1.54, 1.807) is 0 Å². The van der Waals surface area contributed by atoms with Gasteiger partial charge in [0.05, 0.1) is 12.2 Å². The fourth-order valence-electron chi connectivity index (χ4n) is 1.91. The lowest BCUT2D eigenvalue weighted by molar-refractivity contribution is 0.392. The van der Waals surface area contributed by atoms with Crippen molar-refractivity contribution in [2.24, 2.45) is 10.4 Å². The molecule has 0 bridgehead atoms. The molecule has 0 aliphatic heterocycles. The summed E-state index contributed by atoms with van der Waals surface area (Å²) in [5.41, 5.74) is 2.47. The summed E-state index contributed by atoms with van der Waals surface area (Å²) < 4.78 is 5.15. The van der Waals surface area contributed by atoms with Crippen LogP contribution in [0, 0.1) is 19.3 Å². The van der Waals surface area contributed by atoms with E-state index in [9.17, 15) is 0 Å². The first-order chi connectivity index (χ1) is 9.04. The molecule has 2 rings (SSSR count). The summed E-state index contributed by atoms with van der Waals surface area (Å²) in [4.78, 5) is 4.60. The van der Waals surface area contributed by atoms with E-state index >= 15 is 0 Å². The Balaban J connectivity index is 0.00000200. The van der Waals surface area contributed by atoms with Crippen LogP contribution in [0.15, 0.2) is 9.52 Å². The van der Waals surface area contributed by atoms with E-state index in [4.69, 9.17) is 4.52 Å². The van der Waals surface area contributed by atoms with E-state index in [0.717, 1.165) is 36.1 Å². The minimum atomic E-state index is 0. The van der Waals surface area contributed by atoms with Crippen LogP contribution in [0.3, 0.4) is 0 Å². The zero-order valence-corrected chi connectivity index (χ0v) is 15.1. The van der Waals surface area contributed by atoms with Crippen LogP contribution in [0.5, 0.6) is 0 Å². The number of hydrogen-bond donors (Lipinski definition) is 2. The standard InChI is InChI=1S/C14H24N4O.HI/c1-5-15-13(17-9-14(4)6-7-14)16-8-12-10(2)18-19-11(12)3;/h5-9H2,1-4H3,(H2,15,16,17);1H. The zero-order chi connectivity index (χ0) is 13.9. The minimum absolute atomic E-state index is 0. The molecule has 0 atom stereocenters. The first-order valence-electron chi connectivity index (χ1n) is 6.98. The number of aryl methyl sites for hydroxylation is 2. The van der Waals surface area contributed by atoms with Crippen LogP contribution < -0.4 is 10.6 Å². The molecule has 0 radical (unpaired) electrons. The van der Waals surface area contributed by atoms with Crippen molar-refractivity contribution in [3.63, 3.8) is 0 Å². The third kappa shape index (κ3) is 4.64. The van der Waals surface area contributed by atoms with E-state index in [0.29, 0.717) is 12.0 Å². The van der Waals surface area contributed by atoms with Crippen molar-refractivity contribution in [1.29, 1.82) is 0 Å². The number of nitrogens with zero attached hydrogens (tertiary/aromatic N) is 2. The first kappa shape index (κ1) is 17.3. The molecule has 1 aromatic rings. The maximum Gasteiger partial charge on any atom is 0.191 e. The van der Waals surface area contributed by atoms with Crippen LogP contribution >= 0.6 is 24.0 Å². The molecule has 1 aliphatic carbocycles.